The molecule has 5 nitrogen and oxygen atoms in total. The third-order valence-corrected chi connectivity index (χ3v) is 3.48. The topological polar surface area (TPSA) is 58.6 Å². The van der Waals surface area contributed by atoms with Gasteiger partial charge in [0, 0.05) is 19.2 Å². The Morgan fingerprint density at radius 1 is 1.47 bits per heavy atom. The first-order valence-electron chi connectivity index (χ1n) is 6.35. The first kappa shape index (κ1) is 12.5. The van der Waals surface area contributed by atoms with Crippen molar-refractivity contribution < 1.29 is 14.3 Å². The fraction of sp³-hybridized carbons (Fsp3) is 0.833. The molecule has 96 valence electrons. The molecule has 0 aromatic heterocycles. The Morgan fingerprint density at radius 2 is 2.24 bits per heavy atom. The highest BCUT2D eigenvalue weighted by Gasteiger charge is 2.40. The van der Waals surface area contributed by atoms with E-state index in [1.165, 1.54) is 4.90 Å². The van der Waals surface area contributed by atoms with Gasteiger partial charge in [-0.15, -0.1) is 0 Å². The Labute approximate surface area is 101 Å². The molecule has 0 radical (unpaired) electrons. The lowest BCUT2D eigenvalue weighted by Crippen LogP contribution is -2.46. The van der Waals surface area contributed by atoms with Crippen LogP contribution >= 0.6 is 0 Å². The lowest BCUT2D eigenvalue weighted by Gasteiger charge is -2.20. The van der Waals surface area contributed by atoms with E-state index in [1.807, 2.05) is 13.8 Å². The number of amides is 2. The zero-order valence-electron chi connectivity index (χ0n) is 10.4. The molecule has 0 aromatic rings. The normalized spacial score (nSPS) is 33.8. The van der Waals surface area contributed by atoms with Crippen molar-refractivity contribution in [2.75, 3.05) is 13.2 Å². The van der Waals surface area contributed by atoms with Crippen molar-refractivity contribution >= 4 is 11.8 Å². The van der Waals surface area contributed by atoms with E-state index in [2.05, 4.69) is 5.32 Å². The van der Waals surface area contributed by atoms with Crippen LogP contribution in [-0.2, 0) is 14.3 Å². The second kappa shape index (κ2) is 5.14. The number of nitrogens with one attached hydrogen (secondary N) is 1. The highest BCUT2D eigenvalue weighted by atomic mass is 16.5. The molecule has 1 N–H and O–H groups in total. The summed E-state index contributed by atoms with van der Waals surface area (Å²) in [5, 5.41) is 3.26. The van der Waals surface area contributed by atoms with Crippen molar-refractivity contribution in [3.63, 3.8) is 0 Å². The summed E-state index contributed by atoms with van der Waals surface area (Å²) in [5.41, 5.74) is 0. The van der Waals surface area contributed by atoms with Gasteiger partial charge < -0.3 is 4.74 Å². The van der Waals surface area contributed by atoms with Gasteiger partial charge in [0.25, 0.3) is 0 Å². The highest BCUT2D eigenvalue weighted by molar-refractivity contribution is 6.05. The summed E-state index contributed by atoms with van der Waals surface area (Å²) in [6, 6.07) is -0.151. The molecule has 0 bridgehead atoms. The van der Waals surface area contributed by atoms with Crippen molar-refractivity contribution in [2.45, 2.75) is 51.3 Å². The molecule has 0 aliphatic carbocycles. The molecule has 0 aromatic carbocycles. The van der Waals surface area contributed by atoms with Crippen LogP contribution in [-0.4, -0.2) is 48.1 Å². The zero-order chi connectivity index (χ0) is 12.4. The molecule has 3 atom stereocenters. The smallest absolute Gasteiger partial charge is 0.246 e. The van der Waals surface area contributed by atoms with Crippen LogP contribution in [0.3, 0.4) is 0 Å². The summed E-state index contributed by atoms with van der Waals surface area (Å²) >= 11 is 0. The minimum Gasteiger partial charge on any atom is -0.377 e. The van der Waals surface area contributed by atoms with E-state index in [4.69, 9.17) is 4.74 Å². The maximum atomic E-state index is 12.0. The number of hydrogen-bond donors (Lipinski definition) is 1. The SMILES string of the molecule is CCCN1C(=O)CC(NC2CCOC2C)C1=O. The first-order chi connectivity index (χ1) is 8.13. The molecule has 5 heteroatoms. The third kappa shape index (κ3) is 2.50. The molecule has 0 spiro atoms. The summed E-state index contributed by atoms with van der Waals surface area (Å²) in [6.45, 7) is 5.23. The molecule has 2 aliphatic heterocycles. The van der Waals surface area contributed by atoms with E-state index < -0.39 is 0 Å². The lowest BCUT2D eigenvalue weighted by atomic mass is 10.1. The van der Waals surface area contributed by atoms with Crippen molar-refractivity contribution in [3.8, 4) is 0 Å². The van der Waals surface area contributed by atoms with Gasteiger partial charge in [-0.25, -0.2) is 0 Å². The Bertz CT molecular complexity index is 319. The van der Waals surface area contributed by atoms with Gasteiger partial charge in [-0.1, -0.05) is 6.92 Å². The second-order valence-electron chi connectivity index (χ2n) is 4.78. The molecule has 17 heavy (non-hydrogen) atoms. The highest BCUT2D eigenvalue weighted by Crippen LogP contribution is 2.18. The van der Waals surface area contributed by atoms with Crippen LogP contribution in [0.15, 0.2) is 0 Å². The zero-order valence-corrected chi connectivity index (χ0v) is 10.4. The first-order valence-corrected chi connectivity index (χ1v) is 6.35. The molecule has 2 heterocycles. The number of ether oxygens (including phenoxy) is 1. The van der Waals surface area contributed by atoms with E-state index in [1.54, 1.807) is 0 Å². The van der Waals surface area contributed by atoms with Crippen molar-refractivity contribution in [2.24, 2.45) is 0 Å². The van der Waals surface area contributed by atoms with Gasteiger partial charge in [0.1, 0.15) is 0 Å². The Kier molecular flexibility index (Phi) is 3.79. The monoisotopic (exact) mass is 240 g/mol. The number of carbonyl (C=O) groups excluding carboxylic acids is 2. The number of likely N-dealkylation sites (tertiary alicyclic amines) is 1. The molecule has 2 amide bonds. The van der Waals surface area contributed by atoms with Gasteiger partial charge in [0.2, 0.25) is 11.8 Å². The van der Waals surface area contributed by atoms with E-state index in [0.717, 1.165) is 19.4 Å². The quantitative estimate of drug-likeness (QED) is 0.718. The van der Waals surface area contributed by atoms with Crippen LogP contribution in [0.4, 0.5) is 0 Å². The van der Waals surface area contributed by atoms with Crippen LogP contribution in [0, 0.1) is 0 Å². The van der Waals surface area contributed by atoms with Gasteiger partial charge in [-0.05, 0) is 19.8 Å². The average Bonchev–Trinajstić information content (AvgIpc) is 2.79. The van der Waals surface area contributed by atoms with Crippen LogP contribution in [0.25, 0.3) is 0 Å². The summed E-state index contributed by atoms with van der Waals surface area (Å²) in [7, 11) is 0. The summed E-state index contributed by atoms with van der Waals surface area (Å²) in [5.74, 6) is -0.128. The Morgan fingerprint density at radius 3 is 2.82 bits per heavy atom. The van der Waals surface area contributed by atoms with Gasteiger partial charge in [0.05, 0.1) is 18.6 Å². The number of nitrogens with zero attached hydrogens (tertiary/aromatic N) is 1. The Hall–Kier alpha value is -0.940. The van der Waals surface area contributed by atoms with Crippen LogP contribution in [0.1, 0.15) is 33.1 Å². The number of rotatable bonds is 4. The molecule has 2 rings (SSSR count). The van der Waals surface area contributed by atoms with Gasteiger partial charge in [0.15, 0.2) is 0 Å². The van der Waals surface area contributed by atoms with Gasteiger partial charge in [-0.3, -0.25) is 19.8 Å². The second-order valence-corrected chi connectivity index (χ2v) is 4.78. The fourth-order valence-electron chi connectivity index (χ4n) is 2.48. The molecule has 2 saturated heterocycles. The third-order valence-electron chi connectivity index (χ3n) is 3.48. The fourth-order valence-corrected chi connectivity index (χ4v) is 2.48. The van der Waals surface area contributed by atoms with E-state index >= 15 is 0 Å². The molecule has 2 fully saturated rings. The summed E-state index contributed by atoms with van der Waals surface area (Å²) < 4.78 is 5.44. The predicted molar refractivity (Wildman–Crippen MR) is 62.4 cm³/mol. The van der Waals surface area contributed by atoms with E-state index in [0.29, 0.717) is 13.0 Å². The van der Waals surface area contributed by atoms with Crippen LogP contribution in [0.5, 0.6) is 0 Å². The van der Waals surface area contributed by atoms with Crippen molar-refractivity contribution in [1.82, 2.24) is 10.2 Å². The molecule has 0 saturated carbocycles. The summed E-state index contributed by atoms with van der Waals surface area (Å²) in [4.78, 5) is 25.0. The predicted octanol–water partition coefficient (Wildman–Crippen LogP) is 0.291. The van der Waals surface area contributed by atoms with Crippen LogP contribution < -0.4 is 5.32 Å². The number of carbonyl (C=O) groups is 2. The molecular weight excluding hydrogens is 220 g/mol. The minimum absolute atomic E-state index is 0.0547. The van der Waals surface area contributed by atoms with Gasteiger partial charge >= 0.3 is 0 Å². The van der Waals surface area contributed by atoms with Gasteiger partial charge in [-0.2, -0.15) is 0 Å². The summed E-state index contributed by atoms with van der Waals surface area (Å²) in [6.07, 6.45) is 2.14. The lowest BCUT2D eigenvalue weighted by molar-refractivity contribution is -0.138. The molecule has 2 aliphatic rings. The maximum absolute atomic E-state index is 12.0. The Balaban J connectivity index is 1.94. The van der Waals surface area contributed by atoms with E-state index in [9.17, 15) is 9.59 Å². The molecule has 3 unspecified atom stereocenters. The average molecular weight is 240 g/mol. The minimum atomic E-state index is -0.344. The number of hydrogen-bond acceptors (Lipinski definition) is 4. The van der Waals surface area contributed by atoms with Crippen molar-refractivity contribution in [1.29, 1.82) is 0 Å². The van der Waals surface area contributed by atoms with Crippen LogP contribution in [0.2, 0.25) is 0 Å². The standard InChI is InChI=1S/C12H20N2O3/c1-3-5-14-11(15)7-10(12(14)16)13-9-4-6-17-8(9)2/h8-10,13H,3-7H2,1-2H3. The van der Waals surface area contributed by atoms with Crippen molar-refractivity contribution in [3.05, 3.63) is 0 Å². The maximum Gasteiger partial charge on any atom is 0.246 e. The molecular formula is C12H20N2O3. The van der Waals surface area contributed by atoms with E-state index in [-0.39, 0.29) is 30.0 Å². The largest absolute Gasteiger partial charge is 0.377 e. The number of imide groups is 1.